The highest BCUT2D eigenvalue weighted by atomic mass is 19.1. The molecule has 118 valence electrons. The van der Waals surface area contributed by atoms with Crippen molar-refractivity contribution in [2.45, 2.75) is 6.54 Å². The number of aliphatic hydroxyl groups is 1. The number of carbonyl (C=O) groups excluding carboxylic acids is 1. The summed E-state index contributed by atoms with van der Waals surface area (Å²) in [6.45, 7) is 0.295. The summed E-state index contributed by atoms with van der Waals surface area (Å²) in [5.74, 6) is -3.58. The molecule has 0 amide bonds. The van der Waals surface area contributed by atoms with E-state index in [9.17, 15) is 14.0 Å². The van der Waals surface area contributed by atoms with Crippen LogP contribution in [-0.2, 0) is 16.1 Å². The van der Waals surface area contributed by atoms with Crippen molar-refractivity contribution in [2.24, 2.45) is 0 Å². The Kier molecular flexibility index (Phi) is 5.09. The second-order valence-corrected chi connectivity index (χ2v) is 4.72. The minimum Gasteiger partial charge on any atom is -0.502 e. The third kappa shape index (κ3) is 4.41. The van der Waals surface area contributed by atoms with Gasteiger partial charge in [-0.2, -0.15) is 0 Å². The summed E-state index contributed by atoms with van der Waals surface area (Å²) in [6.07, 6.45) is 4.95. The van der Waals surface area contributed by atoms with Crippen molar-refractivity contribution in [1.82, 2.24) is 4.57 Å². The Bertz CT molecular complexity index is 789. The van der Waals surface area contributed by atoms with E-state index < -0.39 is 17.5 Å². The van der Waals surface area contributed by atoms with Gasteiger partial charge in [0.15, 0.2) is 5.78 Å². The number of halogens is 1. The fourth-order valence-electron chi connectivity index (χ4n) is 1.94. The fourth-order valence-corrected chi connectivity index (χ4v) is 1.94. The molecule has 5 nitrogen and oxygen atoms in total. The summed E-state index contributed by atoms with van der Waals surface area (Å²) in [6, 6.07) is 9.86. The van der Waals surface area contributed by atoms with Gasteiger partial charge in [0.2, 0.25) is 5.76 Å². The van der Waals surface area contributed by atoms with Crippen LogP contribution in [0.3, 0.4) is 0 Å². The van der Waals surface area contributed by atoms with E-state index >= 15 is 0 Å². The van der Waals surface area contributed by atoms with Crippen LogP contribution in [0.25, 0.3) is 6.08 Å². The first kappa shape index (κ1) is 16.2. The Hall–Kier alpha value is -3.15. The van der Waals surface area contributed by atoms with Gasteiger partial charge in [0.25, 0.3) is 0 Å². The number of benzene rings is 1. The van der Waals surface area contributed by atoms with E-state index in [0.29, 0.717) is 23.9 Å². The minimum atomic E-state index is -1.57. The van der Waals surface area contributed by atoms with Gasteiger partial charge in [0.1, 0.15) is 5.82 Å². The molecule has 0 saturated carbocycles. The second-order valence-electron chi connectivity index (χ2n) is 4.72. The molecule has 1 heterocycles. The van der Waals surface area contributed by atoms with Crippen molar-refractivity contribution in [3.8, 4) is 0 Å². The number of carbonyl (C=O) groups is 2. The molecule has 0 aliphatic carbocycles. The lowest BCUT2D eigenvalue weighted by Gasteiger charge is -2.07. The van der Waals surface area contributed by atoms with Gasteiger partial charge in [-0.15, -0.1) is 0 Å². The fraction of sp³-hybridized carbons (Fsp3) is 0.0588. The van der Waals surface area contributed by atoms with Crippen molar-refractivity contribution in [3.05, 3.63) is 77.6 Å². The van der Waals surface area contributed by atoms with E-state index in [1.807, 2.05) is 0 Å². The Morgan fingerprint density at radius 3 is 2.57 bits per heavy atom. The maximum absolute atomic E-state index is 13.7. The zero-order valence-corrected chi connectivity index (χ0v) is 12.0. The Labute approximate surface area is 131 Å². The number of aliphatic carboxylic acids is 1. The molecule has 0 radical (unpaired) electrons. The number of carboxylic acids is 1. The van der Waals surface area contributed by atoms with Crippen molar-refractivity contribution in [1.29, 1.82) is 0 Å². The molecule has 0 saturated heterocycles. The smallest absolute Gasteiger partial charge is 0.371 e. The summed E-state index contributed by atoms with van der Waals surface area (Å²) < 4.78 is 15.4. The topological polar surface area (TPSA) is 79.5 Å². The zero-order chi connectivity index (χ0) is 16.8. The molecule has 0 fully saturated rings. The zero-order valence-electron chi connectivity index (χ0n) is 12.0. The lowest BCUT2D eigenvalue weighted by atomic mass is 10.2. The van der Waals surface area contributed by atoms with Gasteiger partial charge in [-0.1, -0.05) is 18.2 Å². The van der Waals surface area contributed by atoms with Crippen LogP contribution in [0.2, 0.25) is 0 Å². The summed E-state index contributed by atoms with van der Waals surface area (Å²) in [4.78, 5) is 21.9. The maximum atomic E-state index is 13.7. The van der Waals surface area contributed by atoms with Crippen molar-refractivity contribution in [2.75, 3.05) is 0 Å². The van der Waals surface area contributed by atoms with Crippen molar-refractivity contribution in [3.63, 3.8) is 0 Å². The second kappa shape index (κ2) is 7.22. The molecule has 0 aliphatic rings. The molecule has 2 aromatic rings. The first-order valence-corrected chi connectivity index (χ1v) is 6.72. The highest BCUT2D eigenvalue weighted by Gasteiger charge is 2.06. The normalized spacial score (nSPS) is 11.8. The van der Waals surface area contributed by atoms with Crippen LogP contribution in [0.5, 0.6) is 0 Å². The van der Waals surface area contributed by atoms with Crippen LogP contribution in [0.1, 0.15) is 11.3 Å². The first-order valence-electron chi connectivity index (χ1n) is 6.72. The van der Waals surface area contributed by atoms with Gasteiger partial charge in [0, 0.05) is 23.5 Å². The average Bonchev–Trinajstić information content (AvgIpc) is 2.94. The minimum absolute atomic E-state index is 0.295. The lowest BCUT2D eigenvalue weighted by Crippen LogP contribution is -2.03. The molecule has 0 bridgehead atoms. The van der Waals surface area contributed by atoms with Crippen LogP contribution in [0.15, 0.2) is 60.5 Å². The Morgan fingerprint density at radius 2 is 1.87 bits per heavy atom. The number of allylic oxidation sites excluding steroid dienone is 2. The molecule has 0 unspecified atom stereocenters. The van der Waals surface area contributed by atoms with Crippen LogP contribution in [-0.4, -0.2) is 26.5 Å². The van der Waals surface area contributed by atoms with E-state index in [-0.39, 0.29) is 5.82 Å². The van der Waals surface area contributed by atoms with Crippen LogP contribution in [0, 0.1) is 5.82 Å². The van der Waals surface area contributed by atoms with Gasteiger partial charge >= 0.3 is 5.97 Å². The molecule has 6 heteroatoms. The SMILES string of the molecule is O=C(/C=C(\O)C(=O)O)/C=C/c1cccn1Cc1ccccc1F. The molecule has 2 N–H and O–H groups in total. The van der Waals surface area contributed by atoms with Crippen LogP contribution in [0.4, 0.5) is 4.39 Å². The van der Waals surface area contributed by atoms with Gasteiger partial charge in [-0.3, -0.25) is 4.79 Å². The highest BCUT2D eigenvalue weighted by Crippen LogP contribution is 2.12. The molecule has 0 atom stereocenters. The average molecular weight is 315 g/mol. The van der Waals surface area contributed by atoms with Gasteiger partial charge in [-0.05, 0) is 30.4 Å². The van der Waals surface area contributed by atoms with Crippen molar-refractivity contribution >= 4 is 17.8 Å². The standard InChI is InChI=1S/C17H14FNO4/c18-15-6-2-1-4-12(15)11-19-9-3-5-13(19)7-8-14(20)10-16(21)17(22)23/h1-10,21H,11H2,(H,22,23)/b8-7+,16-10-. The summed E-state index contributed by atoms with van der Waals surface area (Å²) in [7, 11) is 0. The largest absolute Gasteiger partial charge is 0.502 e. The molecule has 1 aromatic carbocycles. The summed E-state index contributed by atoms with van der Waals surface area (Å²) in [5.41, 5.74) is 1.15. The van der Waals surface area contributed by atoms with E-state index in [0.717, 1.165) is 6.08 Å². The predicted octanol–water partition coefficient (Wildman–Crippen LogP) is 2.78. The van der Waals surface area contributed by atoms with E-state index in [1.165, 1.54) is 12.1 Å². The molecule has 1 aromatic heterocycles. The van der Waals surface area contributed by atoms with Crippen molar-refractivity contribution < 1.29 is 24.2 Å². The van der Waals surface area contributed by atoms with E-state index in [2.05, 4.69) is 0 Å². The number of nitrogens with zero attached hydrogens (tertiary/aromatic N) is 1. The monoisotopic (exact) mass is 315 g/mol. The number of aliphatic hydroxyl groups excluding tert-OH is 1. The predicted molar refractivity (Wildman–Crippen MR) is 82.3 cm³/mol. The molecule has 23 heavy (non-hydrogen) atoms. The van der Waals surface area contributed by atoms with Gasteiger partial charge in [0.05, 0.1) is 6.54 Å². The van der Waals surface area contributed by atoms with Crippen LogP contribution < -0.4 is 0 Å². The Balaban J connectivity index is 2.14. The highest BCUT2D eigenvalue weighted by molar-refractivity contribution is 6.05. The Morgan fingerprint density at radius 1 is 1.13 bits per heavy atom. The third-order valence-electron chi connectivity index (χ3n) is 3.08. The molecule has 0 aliphatic heterocycles. The van der Waals surface area contributed by atoms with E-state index in [1.54, 1.807) is 41.1 Å². The quantitative estimate of drug-likeness (QED) is 0.634. The molecular formula is C17H14FNO4. The number of ketones is 1. The van der Waals surface area contributed by atoms with E-state index in [4.69, 9.17) is 10.2 Å². The first-order chi connectivity index (χ1) is 11.0. The lowest BCUT2D eigenvalue weighted by molar-refractivity contribution is -0.135. The molecule has 2 rings (SSSR count). The number of carboxylic acid groups (broad SMARTS) is 1. The maximum Gasteiger partial charge on any atom is 0.371 e. The molecular weight excluding hydrogens is 301 g/mol. The summed E-state index contributed by atoms with van der Waals surface area (Å²) >= 11 is 0. The van der Waals surface area contributed by atoms with Gasteiger partial charge < -0.3 is 14.8 Å². The number of hydrogen-bond acceptors (Lipinski definition) is 3. The number of aromatic nitrogens is 1. The third-order valence-corrected chi connectivity index (χ3v) is 3.08. The number of hydrogen-bond donors (Lipinski definition) is 2. The van der Waals surface area contributed by atoms with Crippen LogP contribution >= 0.6 is 0 Å². The van der Waals surface area contributed by atoms with Gasteiger partial charge in [-0.25, -0.2) is 9.18 Å². The molecule has 0 spiro atoms. The summed E-state index contributed by atoms with van der Waals surface area (Å²) in [5, 5.41) is 17.5. The number of rotatable bonds is 6.